The van der Waals surface area contributed by atoms with Gasteiger partial charge < -0.3 is 10.2 Å². The first kappa shape index (κ1) is 15.7. The van der Waals surface area contributed by atoms with Crippen LogP contribution >= 0.6 is 0 Å². The van der Waals surface area contributed by atoms with E-state index in [0.717, 1.165) is 11.1 Å². The SMILES string of the molecule is CNC(Cc1ccc(-c2ccccc2)cc1)(C(=O)O)C(=O)O. The maximum Gasteiger partial charge on any atom is 0.335 e. The summed E-state index contributed by atoms with van der Waals surface area (Å²) in [6, 6.07) is 17.0. The first-order valence-corrected chi connectivity index (χ1v) is 6.79. The number of carboxylic acid groups (broad SMARTS) is 2. The summed E-state index contributed by atoms with van der Waals surface area (Å²) < 4.78 is 0. The Kier molecular flexibility index (Phi) is 4.58. The monoisotopic (exact) mass is 299 g/mol. The number of likely N-dealkylation sites (N-methyl/N-ethyl adjacent to an activating group) is 1. The Morgan fingerprint density at radius 3 is 1.86 bits per heavy atom. The number of hydrogen-bond acceptors (Lipinski definition) is 3. The predicted molar refractivity (Wildman–Crippen MR) is 82.6 cm³/mol. The summed E-state index contributed by atoms with van der Waals surface area (Å²) in [5, 5.41) is 20.9. The van der Waals surface area contributed by atoms with E-state index in [0.29, 0.717) is 5.56 Å². The molecule has 22 heavy (non-hydrogen) atoms. The summed E-state index contributed by atoms with van der Waals surface area (Å²) in [5.41, 5.74) is 0.656. The molecule has 0 unspecified atom stereocenters. The molecule has 0 aliphatic rings. The van der Waals surface area contributed by atoms with Crippen LogP contribution in [0.15, 0.2) is 54.6 Å². The van der Waals surface area contributed by atoms with Crippen molar-refractivity contribution in [2.45, 2.75) is 12.0 Å². The predicted octanol–water partition coefficient (Wildman–Crippen LogP) is 2.02. The van der Waals surface area contributed by atoms with Gasteiger partial charge in [0.2, 0.25) is 5.54 Å². The van der Waals surface area contributed by atoms with Crippen molar-refractivity contribution >= 4 is 11.9 Å². The van der Waals surface area contributed by atoms with E-state index in [1.165, 1.54) is 7.05 Å². The van der Waals surface area contributed by atoms with Gasteiger partial charge in [0.1, 0.15) is 0 Å². The average Bonchev–Trinajstić information content (AvgIpc) is 2.53. The molecule has 2 rings (SSSR count). The Hall–Kier alpha value is -2.66. The summed E-state index contributed by atoms with van der Waals surface area (Å²) in [4.78, 5) is 22.7. The van der Waals surface area contributed by atoms with E-state index in [2.05, 4.69) is 5.32 Å². The third-order valence-corrected chi connectivity index (χ3v) is 3.69. The van der Waals surface area contributed by atoms with Crippen molar-refractivity contribution in [1.82, 2.24) is 5.32 Å². The van der Waals surface area contributed by atoms with Gasteiger partial charge in [-0.2, -0.15) is 0 Å². The van der Waals surface area contributed by atoms with E-state index >= 15 is 0 Å². The van der Waals surface area contributed by atoms with Crippen molar-refractivity contribution in [1.29, 1.82) is 0 Å². The lowest BCUT2D eigenvalue weighted by atomic mass is 9.90. The highest BCUT2D eigenvalue weighted by Crippen LogP contribution is 2.21. The Morgan fingerprint density at radius 1 is 0.909 bits per heavy atom. The number of carbonyl (C=O) groups is 2. The highest BCUT2D eigenvalue weighted by Gasteiger charge is 2.45. The minimum Gasteiger partial charge on any atom is -0.479 e. The molecule has 2 aromatic rings. The summed E-state index contributed by atoms with van der Waals surface area (Å²) in [7, 11) is 1.33. The fourth-order valence-electron chi connectivity index (χ4n) is 2.30. The van der Waals surface area contributed by atoms with Crippen LogP contribution < -0.4 is 5.32 Å². The highest BCUT2D eigenvalue weighted by molar-refractivity contribution is 6.03. The second-order valence-corrected chi connectivity index (χ2v) is 5.01. The zero-order valence-electron chi connectivity index (χ0n) is 12.1. The highest BCUT2D eigenvalue weighted by atomic mass is 16.4. The van der Waals surface area contributed by atoms with E-state index in [1.54, 1.807) is 12.1 Å². The van der Waals surface area contributed by atoms with Crippen LogP contribution in [0.5, 0.6) is 0 Å². The van der Waals surface area contributed by atoms with E-state index in [1.807, 2.05) is 42.5 Å². The van der Waals surface area contributed by atoms with Gasteiger partial charge in [-0.1, -0.05) is 54.6 Å². The van der Waals surface area contributed by atoms with E-state index in [9.17, 15) is 19.8 Å². The van der Waals surface area contributed by atoms with Crippen LogP contribution in [-0.2, 0) is 16.0 Å². The molecule has 0 radical (unpaired) electrons. The largest absolute Gasteiger partial charge is 0.479 e. The van der Waals surface area contributed by atoms with Gasteiger partial charge in [-0.25, -0.2) is 9.59 Å². The molecule has 2 aromatic carbocycles. The molecule has 0 amide bonds. The number of rotatable bonds is 6. The molecule has 5 heteroatoms. The summed E-state index contributed by atoms with van der Waals surface area (Å²) >= 11 is 0. The Balaban J connectivity index is 2.27. The maximum absolute atomic E-state index is 11.3. The zero-order chi connectivity index (χ0) is 16.2. The van der Waals surface area contributed by atoms with Crippen molar-refractivity contribution < 1.29 is 19.8 Å². The fourth-order valence-corrected chi connectivity index (χ4v) is 2.30. The van der Waals surface area contributed by atoms with Gasteiger partial charge in [0.25, 0.3) is 0 Å². The number of nitrogens with one attached hydrogen (secondary N) is 1. The molecule has 114 valence electrons. The second kappa shape index (κ2) is 6.41. The maximum atomic E-state index is 11.3. The minimum absolute atomic E-state index is 0.136. The second-order valence-electron chi connectivity index (χ2n) is 5.01. The molecule has 0 saturated heterocycles. The number of aliphatic carboxylic acids is 2. The first-order chi connectivity index (χ1) is 10.5. The number of carboxylic acids is 2. The van der Waals surface area contributed by atoms with Crippen molar-refractivity contribution in [3.05, 3.63) is 60.2 Å². The quantitative estimate of drug-likeness (QED) is 0.710. The van der Waals surface area contributed by atoms with Crippen molar-refractivity contribution in [3.63, 3.8) is 0 Å². The summed E-state index contributed by atoms with van der Waals surface area (Å²) in [6.45, 7) is 0. The van der Waals surface area contributed by atoms with Gasteiger partial charge in [-0.3, -0.25) is 5.32 Å². The molecule has 0 aromatic heterocycles. The van der Waals surface area contributed by atoms with Gasteiger partial charge in [-0.05, 0) is 23.7 Å². The standard InChI is InChI=1S/C17H17NO4/c1-18-17(15(19)20,16(21)22)11-12-7-9-14(10-8-12)13-5-3-2-4-6-13/h2-10,18H,11H2,1H3,(H,19,20)(H,21,22). The van der Waals surface area contributed by atoms with Crippen LogP contribution in [0.3, 0.4) is 0 Å². The minimum atomic E-state index is -2.02. The molecular weight excluding hydrogens is 282 g/mol. The molecule has 0 heterocycles. The van der Waals surface area contributed by atoms with E-state index < -0.39 is 17.5 Å². The number of hydrogen-bond donors (Lipinski definition) is 3. The van der Waals surface area contributed by atoms with Crippen molar-refractivity contribution in [2.24, 2.45) is 0 Å². The molecule has 3 N–H and O–H groups in total. The lowest BCUT2D eigenvalue weighted by Crippen LogP contribution is -2.58. The van der Waals surface area contributed by atoms with Gasteiger partial charge in [0.15, 0.2) is 0 Å². The third-order valence-electron chi connectivity index (χ3n) is 3.69. The Morgan fingerprint density at radius 2 is 1.41 bits per heavy atom. The molecule has 0 spiro atoms. The molecule has 0 saturated carbocycles. The van der Waals surface area contributed by atoms with Crippen LogP contribution in [0, 0.1) is 0 Å². The van der Waals surface area contributed by atoms with Crippen molar-refractivity contribution in [3.8, 4) is 11.1 Å². The van der Waals surface area contributed by atoms with Gasteiger partial charge in [-0.15, -0.1) is 0 Å². The third kappa shape index (κ3) is 2.99. The normalized spacial score (nSPS) is 11.1. The molecule has 0 atom stereocenters. The smallest absolute Gasteiger partial charge is 0.335 e. The van der Waals surface area contributed by atoms with E-state index in [-0.39, 0.29) is 6.42 Å². The Labute approximate surface area is 128 Å². The molecule has 0 bridgehead atoms. The molecule has 0 aliphatic heterocycles. The van der Waals surface area contributed by atoms with Crippen LogP contribution in [0.25, 0.3) is 11.1 Å². The van der Waals surface area contributed by atoms with Crippen LogP contribution in [0.4, 0.5) is 0 Å². The lowest BCUT2D eigenvalue weighted by Gasteiger charge is -2.24. The van der Waals surface area contributed by atoms with Gasteiger partial charge in [0.05, 0.1) is 0 Å². The number of benzene rings is 2. The zero-order valence-corrected chi connectivity index (χ0v) is 12.1. The topological polar surface area (TPSA) is 86.6 Å². The van der Waals surface area contributed by atoms with Crippen molar-refractivity contribution in [2.75, 3.05) is 7.05 Å². The van der Waals surface area contributed by atoms with Crippen LogP contribution in [-0.4, -0.2) is 34.7 Å². The molecule has 0 fully saturated rings. The summed E-state index contributed by atoms with van der Waals surface area (Å²) in [5.74, 6) is -2.82. The average molecular weight is 299 g/mol. The lowest BCUT2D eigenvalue weighted by molar-refractivity contribution is -0.158. The van der Waals surface area contributed by atoms with Gasteiger partial charge in [0, 0.05) is 6.42 Å². The van der Waals surface area contributed by atoms with E-state index in [4.69, 9.17) is 0 Å². The summed E-state index contributed by atoms with van der Waals surface area (Å²) in [6.07, 6.45) is -0.136. The van der Waals surface area contributed by atoms with Crippen LogP contribution in [0.2, 0.25) is 0 Å². The first-order valence-electron chi connectivity index (χ1n) is 6.79. The molecular formula is C17H17NO4. The Bertz CT molecular complexity index is 651. The fraction of sp³-hybridized carbons (Fsp3) is 0.176. The van der Waals surface area contributed by atoms with Crippen LogP contribution in [0.1, 0.15) is 5.56 Å². The van der Waals surface area contributed by atoms with Gasteiger partial charge >= 0.3 is 11.9 Å². The molecule has 5 nitrogen and oxygen atoms in total. The molecule has 0 aliphatic carbocycles.